The molecule has 94 valence electrons. The summed E-state index contributed by atoms with van der Waals surface area (Å²) < 4.78 is 0. The molecule has 1 rings (SSSR count). The molecule has 6 heteroatoms. The Kier molecular flexibility index (Phi) is 4.62. The predicted molar refractivity (Wildman–Crippen MR) is 65.0 cm³/mol. The fourth-order valence-electron chi connectivity index (χ4n) is 1.40. The van der Waals surface area contributed by atoms with Gasteiger partial charge in [-0.05, 0) is 13.8 Å². The second kappa shape index (κ2) is 5.77. The molecule has 0 saturated heterocycles. The summed E-state index contributed by atoms with van der Waals surface area (Å²) in [5, 5.41) is 11.4. The largest absolute Gasteiger partial charge is 0.481 e. The monoisotopic (exact) mass is 256 g/mol. The van der Waals surface area contributed by atoms with Crippen molar-refractivity contribution in [3.8, 4) is 0 Å². The summed E-state index contributed by atoms with van der Waals surface area (Å²) in [6.07, 6.45) is 0.184. The lowest BCUT2D eigenvalue weighted by Gasteiger charge is -2.23. The molecule has 1 amide bonds. The lowest BCUT2D eigenvalue weighted by atomic mass is 10.2. The number of hydrogen-bond acceptors (Lipinski definition) is 4. The van der Waals surface area contributed by atoms with Crippen LogP contribution in [0.15, 0.2) is 5.38 Å². The maximum atomic E-state index is 11.8. The molecule has 0 aliphatic carbocycles. The molecule has 0 aromatic carbocycles. The molecule has 1 unspecified atom stereocenters. The molecule has 17 heavy (non-hydrogen) atoms. The molecule has 0 aliphatic rings. The minimum atomic E-state index is -0.901. The van der Waals surface area contributed by atoms with Gasteiger partial charge in [-0.3, -0.25) is 9.59 Å². The van der Waals surface area contributed by atoms with E-state index in [1.165, 1.54) is 16.2 Å². The zero-order valence-corrected chi connectivity index (χ0v) is 11.0. The Morgan fingerprint density at radius 3 is 2.71 bits per heavy atom. The SMILES string of the molecule is Cc1nc(CC(=O)N(C)C(C)CC(=O)O)cs1. The van der Waals surface area contributed by atoms with Gasteiger partial charge in [0, 0.05) is 18.5 Å². The molecule has 0 bridgehead atoms. The summed E-state index contributed by atoms with van der Waals surface area (Å²) >= 11 is 1.50. The molecule has 1 heterocycles. The first-order chi connectivity index (χ1) is 7.90. The van der Waals surface area contributed by atoms with Crippen molar-refractivity contribution in [3.05, 3.63) is 16.1 Å². The average molecular weight is 256 g/mol. The summed E-state index contributed by atoms with van der Waals surface area (Å²) in [5.41, 5.74) is 0.742. The van der Waals surface area contributed by atoms with Crippen LogP contribution in [0.25, 0.3) is 0 Å². The molecule has 1 atom stereocenters. The van der Waals surface area contributed by atoms with E-state index in [4.69, 9.17) is 5.11 Å². The van der Waals surface area contributed by atoms with Crippen LogP contribution in [-0.2, 0) is 16.0 Å². The molecular formula is C11H16N2O3S. The Bertz CT molecular complexity index is 417. The Morgan fingerprint density at radius 1 is 1.59 bits per heavy atom. The summed E-state index contributed by atoms with van der Waals surface area (Å²) in [5.74, 6) is -1.01. The molecule has 0 aliphatic heterocycles. The highest BCUT2D eigenvalue weighted by Crippen LogP contribution is 2.10. The van der Waals surface area contributed by atoms with Crippen molar-refractivity contribution in [1.29, 1.82) is 0 Å². The zero-order valence-electron chi connectivity index (χ0n) is 10.1. The Balaban J connectivity index is 2.55. The third kappa shape index (κ3) is 4.14. The van der Waals surface area contributed by atoms with Crippen LogP contribution in [0.3, 0.4) is 0 Å². The number of carboxylic acid groups (broad SMARTS) is 1. The number of hydrogen-bond donors (Lipinski definition) is 1. The number of thiazole rings is 1. The quantitative estimate of drug-likeness (QED) is 0.862. The van der Waals surface area contributed by atoms with Gasteiger partial charge in [-0.25, -0.2) is 4.98 Å². The van der Waals surface area contributed by atoms with E-state index in [9.17, 15) is 9.59 Å². The fraction of sp³-hybridized carbons (Fsp3) is 0.545. The number of carbonyl (C=O) groups is 2. The summed E-state index contributed by atoms with van der Waals surface area (Å²) in [4.78, 5) is 28.1. The van der Waals surface area contributed by atoms with Crippen LogP contribution in [0.1, 0.15) is 24.0 Å². The predicted octanol–water partition coefficient (Wildman–Crippen LogP) is 1.32. The van der Waals surface area contributed by atoms with E-state index in [0.717, 1.165) is 10.7 Å². The van der Waals surface area contributed by atoms with Gasteiger partial charge >= 0.3 is 5.97 Å². The number of nitrogens with zero attached hydrogens (tertiary/aromatic N) is 2. The van der Waals surface area contributed by atoms with Crippen LogP contribution in [0.5, 0.6) is 0 Å². The van der Waals surface area contributed by atoms with Gasteiger partial charge in [0.25, 0.3) is 0 Å². The van der Waals surface area contributed by atoms with E-state index in [1.54, 1.807) is 14.0 Å². The van der Waals surface area contributed by atoms with Gasteiger partial charge in [0.1, 0.15) is 0 Å². The minimum Gasteiger partial charge on any atom is -0.481 e. The molecule has 0 spiro atoms. The molecule has 0 fully saturated rings. The zero-order chi connectivity index (χ0) is 13.0. The summed E-state index contributed by atoms with van der Waals surface area (Å²) in [6, 6.07) is -0.306. The molecular weight excluding hydrogens is 240 g/mol. The first-order valence-corrected chi connectivity index (χ1v) is 6.16. The van der Waals surface area contributed by atoms with Gasteiger partial charge in [-0.15, -0.1) is 11.3 Å². The van der Waals surface area contributed by atoms with Crippen molar-refractivity contribution in [2.24, 2.45) is 0 Å². The fourth-order valence-corrected chi connectivity index (χ4v) is 2.02. The second-order valence-corrected chi connectivity index (χ2v) is 5.05. The number of aromatic nitrogens is 1. The number of aryl methyl sites for hydroxylation is 1. The number of carboxylic acids is 1. The molecule has 5 nitrogen and oxygen atoms in total. The van der Waals surface area contributed by atoms with Crippen LogP contribution < -0.4 is 0 Å². The average Bonchev–Trinajstić information content (AvgIpc) is 2.61. The Labute approximate surface area is 104 Å². The van der Waals surface area contributed by atoms with Crippen molar-refractivity contribution < 1.29 is 14.7 Å². The highest BCUT2D eigenvalue weighted by Gasteiger charge is 2.19. The van der Waals surface area contributed by atoms with Gasteiger partial charge in [0.05, 0.1) is 23.5 Å². The van der Waals surface area contributed by atoms with Crippen LogP contribution >= 0.6 is 11.3 Å². The van der Waals surface area contributed by atoms with E-state index in [0.29, 0.717) is 0 Å². The second-order valence-electron chi connectivity index (χ2n) is 3.99. The van der Waals surface area contributed by atoms with Gasteiger partial charge in [-0.2, -0.15) is 0 Å². The number of amides is 1. The van der Waals surface area contributed by atoms with Crippen molar-refractivity contribution in [3.63, 3.8) is 0 Å². The topological polar surface area (TPSA) is 70.5 Å². The van der Waals surface area contributed by atoms with E-state index < -0.39 is 5.97 Å². The highest BCUT2D eigenvalue weighted by molar-refractivity contribution is 7.09. The van der Waals surface area contributed by atoms with Crippen LogP contribution in [0, 0.1) is 6.92 Å². The highest BCUT2D eigenvalue weighted by atomic mass is 32.1. The molecule has 1 N–H and O–H groups in total. The molecule has 0 saturated carbocycles. The number of rotatable bonds is 5. The first kappa shape index (κ1) is 13.6. The van der Waals surface area contributed by atoms with Crippen LogP contribution in [0.4, 0.5) is 0 Å². The normalized spacial score (nSPS) is 12.2. The third-order valence-electron chi connectivity index (χ3n) is 2.52. The summed E-state index contributed by atoms with van der Waals surface area (Å²) in [6.45, 7) is 3.60. The maximum absolute atomic E-state index is 11.8. The van der Waals surface area contributed by atoms with E-state index >= 15 is 0 Å². The van der Waals surface area contributed by atoms with Crippen molar-refractivity contribution in [1.82, 2.24) is 9.88 Å². The smallest absolute Gasteiger partial charge is 0.305 e. The first-order valence-electron chi connectivity index (χ1n) is 5.28. The molecule has 1 aromatic rings. The molecule has 1 aromatic heterocycles. The maximum Gasteiger partial charge on any atom is 0.305 e. The van der Waals surface area contributed by atoms with Crippen LogP contribution in [0.2, 0.25) is 0 Å². The lowest BCUT2D eigenvalue weighted by Crippen LogP contribution is -2.37. The van der Waals surface area contributed by atoms with Crippen molar-refractivity contribution >= 4 is 23.2 Å². The Morgan fingerprint density at radius 2 is 2.24 bits per heavy atom. The number of carbonyl (C=O) groups excluding carboxylic acids is 1. The minimum absolute atomic E-state index is 0.0433. The molecule has 0 radical (unpaired) electrons. The van der Waals surface area contributed by atoms with Crippen LogP contribution in [-0.4, -0.2) is 40.0 Å². The van der Waals surface area contributed by atoms with Crippen molar-refractivity contribution in [2.75, 3.05) is 7.05 Å². The van der Waals surface area contributed by atoms with Gasteiger partial charge in [0.15, 0.2) is 0 Å². The van der Waals surface area contributed by atoms with Gasteiger partial charge in [0.2, 0.25) is 5.91 Å². The number of likely N-dealkylation sites (N-methyl/N-ethyl adjacent to an activating group) is 1. The standard InChI is InChI=1S/C11H16N2O3S/c1-7(4-11(15)16)13(3)10(14)5-9-6-17-8(2)12-9/h6-7H,4-5H2,1-3H3,(H,15,16). The van der Waals surface area contributed by atoms with Gasteiger partial charge in [-0.1, -0.05) is 0 Å². The van der Waals surface area contributed by atoms with E-state index in [1.807, 2.05) is 12.3 Å². The Hall–Kier alpha value is -1.43. The van der Waals surface area contributed by atoms with E-state index in [2.05, 4.69) is 4.98 Å². The lowest BCUT2D eigenvalue weighted by molar-refractivity contribution is -0.139. The van der Waals surface area contributed by atoms with Gasteiger partial charge < -0.3 is 10.0 Å². The summed E-state index contributed by atoms with van der Waals surface area (Å²) in [7, 11) is 1.62. The van der Waals surface area contributed by atoms with E-state index in [-0.39, 0.29) is 24.8 Å². The van der Waals surface area contributed by atoms with Crippen molar-refractivity contribution in [2.45, 2.75) is 32.7 Å². The number of aliphatic carboxylic acids is 1. The third-order valence-corrected chi connectivity index (χ3v) is 3.35.